The van der Waals surface area contributed by atoms with Crippen molar-refractivity contribution in [3.05, 3.63) is 65.7 Å². The van der Waals surface area contributed by atoms with Gasteiger partial charge in [-0.3, -0.25) is 0 Å². The van der Waals surface area contributed by atoms with Crippen molar-refractivity contribution in [2.45, 2.75) is 4.90 Å². The average molecular weight is 300 g/mol. The van der Waals surface area contributed by atoms with Gasteiger partial charge in [-0.25, -0.2) is 9.59 Å². The molecule has 2 aromatic rings. The van der Waals surface area contributed by atoms with Crippen LogP contribution in [0, 0.1) is 0 Å². The Morgan fingerprint density at radius 3 is 2.57 bits per heavy atom. The van der Waals surface area contributed by atoms with E-state index in [1.807, 2.05) is 0 Å². The summed E-state index contributed by atoms with van der Waals surface area (Å²) in [5.74, 6) is -1.22. The van der Waals surface area contributed by atoms with Crippen LogP contribution in [0.3, 0.4) is 0 Å². The monoisotopic (exact) mass is 300 g/mol. The first-order chi connectivity index (χ1) is 10.1. The second kappa shape index (κ2) is 6.76. The first-order valence-corrected chi connectivity index (χ1v) is 6.52. The number of hydrogen-bond acceptors (Lipinski definition) is 4. The lowest BCUT2D eigenvalue weighted by atomic mass is 10.2. The highest BCUT2D eigenvalue weighted by atomic mass is 32.1. The number of thiol groups is 1. The molecule has 0 aliphatic carbocycles. The van der Waals surface area contributed by atoms with Crippen LogP contribution in [0.4, 0.5) is 0 Å². The molecule has 0 aliphatic heterocycles. The molecule has 21 heavy (non-hydrogen) atoms. The third-order valence-electron chi connectivity index (χ3n) is 2.61. The summed E-state index contributed by atoms with van der Waals surface area (Å²) in [5.41, 5.74) is 0.995. The molecule has 0 heterocycles. The Balaban J connectivity index is 2.17. The molecule has 106 valence electrons. The predicted molar refractivity (Wildman–Crippen MR) is 81.8 cm³/mol. The highest BCUT2D eigenvalue weighted by Gasteiger charge is 2.11. The Morgan fingerprint density at radius 1 is 1.10 bits per heavy atom. The van der Waals surface area contributed by atoms with Crippen LogP contribution < -0.4 is 4.74 Å². The molecule has 0 radical (unpaired) electrons. The zero-order valence-electron chi connectivity index (χ0n) is 10.9. The zero-order valence-corrected chi connectivity index (χ0v) is 11.8. The van der Waals surface area contributed by atoms with Crippen molar-refractivity contribution in [2.24, 2.45) is 0 Å². The summed E-state index contributed by atoms with van der Waals surface area (Å²) < 4.78 is 5.26. The van der Waals surface area contributed by atoms with Crippen molar-refractivity contribution < 1.29 is 19.4 Å². The number of hydrogen-bond donors (Lipinski definition) is 2. The number of carboxylic acid groups (broad SMARTS) is 1. The lowest BCUT2D eigenvalue weighted by Gasteiger charge is -2.06. The Hall–Kier alpha value is -2.53. The number of ether oxygens (including phenoxy) is 1. The van der Waals surface area contributed by atoms with Gasteiger partial charge in [0.05, 0.1) is 5.56 Å². The van der Waals surface area contributed by atoms with Gasteiger partial charge in [0.15, 0.2) is 0 Å². The Bertz CT molecular complexity index is 707. The maximum absolute atomic E-state index is 12.0. The van der Waals surface area contributed by atoms with Gasteiger partial charge in [-0.1, -0.05) is 24.3 Å². The Morgan fingerprint density at radius 2 is 1.86 bits per heavy atom. The van der Waals surface area contributed by atoms with Gasteiger partial charge in [-0.05, 0) is 35.9 Å². The largest absolute Gasteiger partial charge is 0.478 e. The number of aliphatic carboxylic acids is 1. The van der Waals surface area contributed by atoms with E-state index >= 15 is 0 Å². The van der Waals surface area contributed by atoms with Gasteiger partial charge in [0.25, 0.3) is 0 Å². The van der Waals surface area contributed by atoms with Gasteiger partial charge >= 0.3 is 11.9 Å². The summed E-state index contributed by atoms with van der Waals surface area (Å²) >= 11 is 4.20. The summed E-state index contributed by atoms with van der Waals surface area (Å²) in [6.45, 7) is 0. The van der Waals surface area contributed by atoms with E-state index < -0.39 is 11.9 Å². The molecule has 0 saturated heterocycles. The molecule has 2 rings (SSSR count). The second-order valence-electron chi connectivity index (χ2n) is 4.15. The molecule has 0 atom stereocenters. The molecule has 0 amide bonds. The number of carbonyl (C=O) groups excluding carboxylic acids is 1. The molecule has 0 fully saturated rings. The lowest BCUT2D eigenvalue weighted by Crippen LogP contribution is -2.09. The van der Waals surface area contributed by atoms with E-state index in [9.17, 15) is 9.59 Å². The fourth-order valence-corrected chi connectivity index (χ4v) is 1.91. The Labute approximate surface area is 127 Å². The van der Waals surface area contributed by atoms with E-state index in [1.54, 1.807) is 48.5 Å². The molecule has 0 saturated carbocycles. The third kappa shape index (κ3) is 4.22. The molecule has 0 spiro atoms. The van der Waals surface area contributed by atoms with Crippen molar-refractivity contribution in [1.29, 1.82) is 0 Å². The predicted octanol–water partition coefficient (Wildman–Crippen LogP) is 3.29. The van der Waals surface area contributed by atoms with Crippen LogP contribution in [0.2, 0.25) is 0 Å². The molecule has 0 aromatic heterocycles. The molecule has 5 heteroatoms. The van der Waals surface area contributed by atoms with Crippen LogP contribution in [0.5, 0.6) is 5.75 Å². The highest BCUT2D eigenvalue weighted by Crippen LogP contribution is 2.19. The summed E-state index contributed by atoms with van der Waals surface area (Å²) in [7, 11) is 0. The van der Waals surface area contributed by atoms with E-state index in [1.165, 1.54) is 6.08 Å². The van der Waals surface area contributed by atoms with E-state index in [0.29, 0.717) is 21.8 Å². The number of esters is 1. The molecule has 4 nitrogen and oxygen atoms in total. The quantitative estimate of drug-likeness (QED) is 0.393. The standard InChI is InChI=1S/C16H12O4S/c17-15(18)9-8-11-4-3-5-12(10-11)20-16(19)13-6-1-2-7-14(13)21/h1-10,21H,(H,17,18). The number of benzene rings is 2. The molecule has 0 aliphatic rings. The highest BCUT2D eigenvalue weighted by molar-refractivity contribution is 7.80. The Kier molecular flexibility index (Phi) is 4.79. The number of carboxylic acids is 1. The minimum absolute atomic E-state index is 0.337. The first kappa shape index (κ1) is 14.9. The summed E-state index contributed by atoms with van der Waals surface area (Å²) in [6.07, 6.45) is 2.44. The van der Waals surface area contributed by atoms with Gasteiger partial charge in [0.1, 0.15) is 5.75 Å². The first-order valence-electron chi connectivity index (χ1n) is 6.07. The molecule has 0 unspecified atom stereocenters. The summed E-state index contributed by atoms with van der Waals surface area (Å²) in [4.78, 5) is 23.0. The van der Waals surface area contributed by atoms with Crippen molar-refractivity contribution in [3.63, 3.8) is 0 Å². The summed E-state index contributed by atoms with van der Waals surface area (Å²) in [5, 5.41) is 8.59. The maximum atomic E-state index is 12.0. The normalized spacial score (nSPS) is 10.5. The zero-order chi connectivity index (χ0) is 15.2. The number of carbonyl (C=O) groups is 2. The molecular formula is C16H12O4S. The topological polar surface area (TPSA) is 63.6 Å². The molecular weight excluding hydrogens is 288 g/mol. The van der Waals surface area contributed by atoms with Gasteiger partial charge in [-0.15, -0.1) is 12.6 Å². The van der Waals surface area contributed by atoms with Gasteiger partial charge in [0, 0.05) is 11.0 Å². The van der Waals surface area contributed by atoms with E-state index in [2.05, 4.69) is 12.6 Å². The van der Waals surface area contributed by atoms with Crippen molar-refractivity contribution in [3.8, 4) is 5.75 Å². The van der Waals surface area contributed by atoms with Crippen molar-refractivity contribution in [1.82, 2.24) is 0 Å². The smallest absolute Gasteiger partial charge is 0.344 e. The van der Waals surface area contributed by atoms with Crippen LogP contribution in [0.15, 0.2) is 59.5 Å². The van der Waals surface area contributed by atoms with Crippen LogP contribution >= 0.6 is 12.6 Å². The SMILES string of the molecule is O=C(O)C=Cc1cccc(OC(=O)c2ccccc2S)c1. The molecule has 1 N–H and O–H groups in total. The average Bonchev–Trinajstić information content (AvgIpc) is 2.46. The minimum Gasteiger partial charge on any atom is -0.478 e. The fraction of sp³-hybridized carbons (Fsp3) is 0. The van der Waals surface area contributed by atoms with E-state index in [-0.39, 0.29) is 0 Å². The minimum atomic E-state index is -1.04. The van der Waals surface area contributed by atoms with E-state index in [0.717, 1.165) is 6.08 Å². The van der Waals surface area contributed by atoms with Crippen LogP contribution in [0.1, 0.15) is 15.9 Å². The van der Waals surface area contributed by atoms with Crippen molar-refractivity contribution in [2.75, 3.05) is 0 Å². The lowest BCUT2D eigenvalue weighted by molar-refractivity contribution is -0.131. The summed E-state index contributed by atoms with van der Waals surface area (Å²) in [6, 6.07) is 13.4. The van der Waals surface area contributed by atoms with Crippen LogP contribution in [0.25, 0.3) is 6.08 Å². The van der Waals surface area contributed by atoms with Crippen molar-refractivity contribution >= 4 is 30.6 Å². The number of rotatable bonds is 4. The fourth-order valence-electron chi connectivity index (χ4n) is 1.66. The van der Waals surface area contributed by atoms with Crippen LogP contribution in [-0.4, -0.2) is 17.0 Å². The van der Waals surface area contributed by atoms with Gasteiger partial charge in [0.2, 0.25) is 0 Å². The maximum Gasteiger partial charge on any atom is 0.344 e. The molecule has 0 bridgehead atoms. The van der Waals surface area contributed by atoms with Crippen LogP contribution in [-0.2, 0) is 4.79 Å². The second-order valence-corrected chi connectivity index (χ2v) is 4.63. The van der Waals surface area contributed by atoms with Gasteiger partial charge < -0.3 is 9.84 Å². The third-order valence-corrected chi connectivity index (χ3v) is 3.00. The van der Waals surface area contributed by atoms with Gasteiger partial charge in [-0.2, -0.15) is 0 Å². The molecule has 2 aromatic carbocycles. The van der Waals surface area contributed by atoms with E-state index in [4.69, 9.17) is 9.84 Å².